The minimum atomic E-state index is -0.944. The Labute approximate surface area is 120 Å². The van der Waals surface area contributed by atoms with E-state index in [2.05, 4.69) is 5.16 Å². The van der Waals surface area contributed by atoms with Crippen LogP contribution in [0.3, 0.4) is 0 Å². The van der Waals surface area contributed by atoms with Gasteiger partial charge in [0.05, 0.1) is 17.6 Å². The van der Waals surface area contributed by atoms with E-state index in [9.17, 15) is 9.90 Å². The molecule has 0 radical (unpaired) electrons. The van der Waals surface area contributed by atoms with E-state index in [0.29, 0.717) is 24.4 Å². The van der Waals surface area contributed by atoms with Crippen LogP contribution in [0.2, 0.25) is 0 Å². The van der Waals surface area contributed by atoms with E-state index in [1.54, 1.807) is 25.3 Å². The third-order valence-corrected chi connectivity index (χ3v) is 3.25. The molecular weight excluding hydrogens is 272 g/mol. The van der Waals surface area contributed by atoms with Crippen molar-refractivity contribution in [1.29, 1.82) is 0 Å². The molecule has 3 aromatic rings. The summed E-state index contributed by atoms with van der Waals surface area (Å²) in [5, 5.41) is 14.2. The average Bonchev–Trinajstić information content (AvgIpc) is 3.07. The van der Waals surface area contributed by atoms with E-state index in [-0.39, 0.29) is 5.56 Å². The third-order valence-electron chi connectivity index (χ3n) is 3.25. The fraction of sp³-hybridized carbons (Fsp3) is 0.200. The van der Waals surface area contributed by atoms with E-state index in [4.69, 9.17) is 9.26 Å². The van der Waals surface area contributed by atoms with Gasteiger partial charge in [-0.05, 0) is 12.1 Å². The summed E-state index contributed by atoms with van der Waals surface area (Å²) in [5.41, 5.74) is 1.68. The van der Waals surface area contributed by atoms with Crippen LogP contribution in [-0.2, 0) is 17.9 Å². The van der Waals surface area contributed by atoms with Gasteiger partial charge in [0.2, 0.25) is 0 Å². The van der Waals surface area contributed by atoms with Gasteiger partial charge in [-0.25, -0.2) is 4.79 Å². The van der Waals surface area contributed by atoms with Gasteiger partial charge in [0.15, 0.2) is 5.76 Å². The summed E-state index contributed by atoms with van der Waals surface area (Å²) >= 11 is 0. The van der Waals surface area contributed by atoms with Gasteiger partial charge >= 0.3 is 5.97 Å². The van der Waals surface area contributed by atoms with E-state index < -0.39 is 5.97 Å². The zero-order valence-electron chi connectivity index (χ0n) is 11.4. The van der Waals surface area contributed by atoms with Gasteiger partial charge in [0.25, 0.3) is 0 Å². The molecule has 0 aliphatic heterocycles. The second-order valence-electron chi connectivity index (χ2n) is 4.71. The first-order valence-corrected chi connectivity index (χ1v) is 6.43. The predicted octanol–water partition coefficient (Wildman–Crippen LogP) is 2.52. The minimum absolute atomic E-state index is 0.276. The highest BCUT2D eigenvalue weighted by atomic mass is 16.5. The summed E-state index contributed by atoms with van der Waals surface area (Å²) < 4.78 is 12.0. The van der Waals surface area contributed by atoms with Crippen LogP contribution in [0, 0.1) is 0 Å². The second-order valence-corrected chi connectivity index (χ2v) is 4.71. The Morgan fingerprint density at radius 2 is 2.29 bits per heavy atom. The summed E-state index contributed by atoms with van der Waals surface area (Å²) in [6, 6.07) is 8.91. The summed E-state index contributed by atoms with van der Waals surface area (Å²) in [5.74, 6) is -0.303. The number of aromatic carboxylic acids is 1. The Morgan fingerprint density at radius 3 is 3.05 bits per heavy atom. The number of carboxylic acids is 1. The van der Waals surface area contributed by atoms with Crippen LogP contribution < -0.4 is 0 Å². The number of aromatic nitrogens is 2. The quantitative estimate of drug-likeness (QED) is 0.779. The van der Waals surface area contributed by atoms with Crippen molar-refractivity contribution in [2.75, 3.05) is 7.11 Å². The molecule has 6 heteroatoms. The molecule has 1 N–H and O–H groups in total. The zero-order valence-corrected chi connectivity index (χ0v) is 11.4. The third kappa shape index (κ3) is 2.53. The number of benzene rings is 1. The Balaban J connectivity index is 1.98. The molecule has 2 heterocycles. The maximum absolute atomic E-state index is 11.3. The summed E-state index contributed by atoms with van der Waals surface area (Å²) in [7, 11) is 1.58. The van der Waals surface area contributed by atoms with Crippen molar-refractivity contribution in [1.82, 2.24) is 9.72 Å². The Hall–Kier alpha value is -2.60. The lowest BCUT2D eigenvalue weighted by Crippen LogP contribution is -2.04. The number of ether oxygens (including phenoxy) is 1. The number of hydrogen-bond acceptors (Lipinski definition) is 4. The lowest BCUT2D eigenvalue weighted by atomic mass is 10.1. The van der Waals surface area contributed by atoms with E-state index >= 15 is 0 Å². The van der Waals surface area contributed by atoms with Crippen molar-refractivity contribution in [2.24, 2.45) is 0 Å². The molecule has 6 nitrogen and oxygen atoms in total. The normalized spacial score (nSPS) is 11.1. The van der Waals surface area contributed by atoms with Gasteiger partial charge in [-0.15, -0.1) is 0 Å². The predicted molar refractivity (Wildman–Crippen MR) is 75.2 cm³/mol. The number of nitrogens with zero attached hydrogens (tertiary/aromatic N) is 2. The summed E-state index contributed by atoms with van der Waals surface area (Å²) in [4.78, 5) is 11.3. The largest absolute Gasteiger partial charge is 0.478 e. The maximum Gasteiger partial charge on any atom is 0.337 e. The van der Waals surface area contributed by atoms with Crippen LogP contribution in [-0.4, -0.2) is 27.9 Å². The first kappa shape index (κ1) is 13.4. The highest BCUT2D eigenvalue weighted by molar-refractivity contribution is 6.02. The van der Waals surface area contributed by atoms with Crippen LogP contribution in [0.5, 0.6) is 0 Å². The average molecular weight is 286 g/mol. The number of rotatable bonds is 5. The first-order valence-electron chi connectivity index (χ1n) is 6.43. The van der Waals surface area contributed by atoms with Gasteiger partial charge in [-0.3, -0.25) is 0 Å². The van der Waals surface area contributed by atoms with Crippen molar-refractivity contribution < 1.29 is 19.2 Å². The lowest BCUT2D eigenvalue weighted by molar-refractivity contribution is 0.0698. The Kier molecular flexibility index (Phi) is 3.45. The van der Waals surface area contributed by atoms with Crippen LogP contribution in [0.1, 0.15) is 21.8 Å². The van der Waals surface area contributed by atoms with E-state index in [0.717, 1.165) is 11.1 Å². The molecule has 108 valence electrons. The molecule has 0 saturated carbocycles. The van der Waals surface area contributed by atoms with Crippen molar-refractivity contribution in [3.63, 3.8) is 0 Å². The molecule has 0 atom stereocenters. The second kappa shape index (κ2) is 5.41. The van der Waals surface area contributed by atoms with Crippen molar-refractivity contribution in [2.45, 2.75) is 13.2 Å². The van der Waals surface area contributed by atoms with Crippen molar-refractivity contribution in [3.05, 3.63) is 53.5 Å². The van der Waals surface area contributed by atoms with Crippen LogP contribution in [0.25, 0.3) is 10.9 Å². The highest BCUT2D eigenvalue weighted by Crippen LogP contribution is 2.21. The monoisotopic (exact) mass is 286 g/mol. The fourth-order valence-electron chi connectivity index (χ4n) is 2.38. The molecule has 1 aromatic carbocycles. The van der Waals surface area contributed by atoms with Crippen molar-refractivity contribution in [3.8, 4) is 0 Å². The van der Waals surface area contributed by atoms with E-state index in [1.165, 1.54) is 0 Å². The number of fused-ring (bicyclic) bond motifs is 1. The highest BCUT2D eigenvalue weighted by Gasteiger charge is 2.13. The van der Waals surface area contributed by atoms with Crippen LogP contribution >= 0.6 is 0 Å². The molecule has 0 aliphatic rings. The molecular formula is C15H14N2O4. The molecule has 21 heavy (non-hydrogen) atoms. The zero-order chi connectivity index (χ0) is 14.8. The molecule has 3 rings (SSSR count). The number of hydrogen-bond donors (Lipinski definition) is 1. The molecule has 0 spiro atoms. The number of carbonyl (C=O) groups is 1. The summed E-state index contributed by atoms with van der Waals surface area (Å²) in [6.07, 6.45) is 1.85. The number of methoxy groups -OCH3 is 1. The van der Waals surface area contributed by atoms with Gasteiger partial charge in [0.1, 0.15) is 12.3 Å². The van der Waals surface area contributed by atoms with Gasteiger partial charge in [-0.2, -0.15) is 0 Å². The van der Waals surface area contributed by atoms with Crippen molar-refractivity contribution >= 4 is 16.9 Å². The molecule has 0 saturated heterocycles. The molecule has 0 fully saturated rings. The van der Waals surface area contributed by atoms with Gasteiger partial charge < -0.3 is 18.9 Å². The minimum Gasteiger partial charge on any atom is -0.478 e. The molecule has 0 unspecified atom stereocenters. The summed E-state index contributed by atoms with van der Waals surface area (Å²) in [6.45, 7) is 0.806. The Morgan fingerprint density at radius 1 is 1.43 bits per heavy atom. The lowest BCUT2D eigenvalue weighted by Gasteiger charge is -2.05. The van der Waals surface area contributed by atoms with Gasteiger partial charge in [0, 0.05) is 24.8 Å². The SMILES string of the molecule is COCc1cc(Cn2ccc3cccc(C(=O)O)c32)no1. The first-order chi connectivity index (χ1) is 10.2. The smallest absolute Gasteiger partial charge is 0.337 e. The van der Waals surface area contributed by atoms with Crippen LogP contribution in [0.15, 0.2) is 41.1 Å². The number of carboxylic acid groups (broad SMARTS) is 1. The van der Waals surface area contributed by atoms with Crippen LogP contribution in [0.4, 0.5) is 0 Å². The van der Waals surface area contributed by atoms with E-state index in [1.807, 2.05) is 22.9 Å². The molecule has 2 aromatic heterocycles. The fourth-order valence-corrected chi connectivity index (χ4v) is 2.38. The standard InChI is InChI=1S/C15H14N2O4/c1-20-9-12-7-11(16-21-12)8-17-6-5-10-3-2-4-13(14(10)17)15(18)19/h2-7H,8-9H2,1H3,(H,18,19). The molecule has 0 aliphatic carbocycles. The topological polar surface area (TPSA) is 77.5 Å². The Bertz CT molecular complexity index is 788. The molecule has 0 amide bonds. The number of para-hydroxylation sites is 1. The molecule has 0 bridgehead atoms. The maximum atomic E-state index is 11.3. The van der Waals surface area contributed by atoms with Gasteiger partial charge in [-0.1, -0.05) is 17.3 Å².